The molecule has 0 spiro atoms. The second-order valence-electron chi connectivity index (χ2n) is 10.7. The van der Waals surface area contributed by atoms with E-state index in [0.29, 0.717) is 15.6 Å². The van der Waals surface area contributed by atoms with Crippen molar-refractivity contribution in [2.45, 2.75) is 50.7 Å². The molecule has 0 radical (unpaired) electrons. The zero-order valence-corrected chi connectivity index (χ0v) is 26.4. The van der Waals surface area contributed by atoms with Crippen molar-refractivity contribution in [1.29, 1.82) is 0 Å². The van der Waals surface area contributed by atoms with E-state index in [4.69, 9.17) is 23.2 Å². The third-order valence-electron chi connectivity index (χ3n) is 7.46. The van der Waals surface area contributed by atoms with Crippen LogP contribution in [0.3, 0.4) is 0 Å². The van der Waals surface area contributed by atoms with E-state index >= 15 is 0 Å². The van der Waals surface area contributed by atoms with Gasteiger partial charge < -0.3 is 10.2 Å². The number of hydrogen-bond acceptors (Lipinski definition) is 4. The SMILES string of the molecule is CN(C)S(=O)(=O)N(CC(=O)N(Cc1ccc(Cl)cc1Cl)[C@H](Cc1ccccc1)C(=O)NC1CCCC1)c1ccc(F)cc1. The smallest absolute Gasteiger partial charge is 0.304 e. The third-order valence-corrected chi connectivity index (χ3v) is 9.87. The van der Waals surface area contributed by atoms with Crippen LogP contribution in [-0.2, 0) is 32.8 Å². The van der Waals surface area contributed by atoms with Gasteiger partial charge in [0.15, 0.2) is 0 Å². The Morgan fingerprint density at radius 1 is 0.977 bits per heavy atom. The van der Waals surface area contributed by atoms with Crippen molar-refractivity contribution < 1.29 is 22.4 Å². The first-order valence-corrected chi connectivity index (χ1v) is 16.1. The number of halogens is 3. The van der Waals surface area contributed by atoms with E-state index in [0.717, 1.165) is 52.0 Å². The summed E-state index contributed by atoms with van der Waals surface area (Å²) in [7, 11) is -1.51. The second kappa shape index (κ2) is 14.5. The first-order chi connectivity index (χ1) is 20.5. The number of nitrogens with one attached hydrogen (secondary N) is 1. The molecule has 0 saturated heterocycles. The van der Waals surface area contributed by atoms with Crippen molar-refractivity contribution in [3.63, 3.8) is 0 Å². The molecule has 230 valence electrons. The monoisotopic (exact) mass is 648 g/mol. The summed E-state index contributed by atoms with van der Waals surface area (Å²) in [5, 5.41) is 3.83. The molecule has 0 aromatic heterocycles. The van der Waals surface area contributed by atoms with Gasteiger partial charge in [0, 0.05) is 43.1 Å². The number of hydrogen-bond donors (Lipinski definition) is 1. The summed E-state index contributed by atoms with van der Waals surface area (Å²) in [6, 6.07) is 18.0. The largest absolute Gasteiger partial charge is 0.352 e. The summed E-state index contributed by atoms with van der Waals surface area (Å²) in [4.78, 5) is 29.6. The number of carbonyl (C=O) groups is 2. The second-order valence-corrected chi connectivity index (χ2v) is 13.6. The quantitative estimate of drug-likeness (QED) is 0.283. The normalized spacial score (nSPS) is 14.5. The van der Waals surface area contributed by atoms with Crippen molar-refractivity contribution in [3.8, 4) is 0 Å². The lowest BCUT2D eigenvalue weighted by Gasteiger charge is -2.35. The number of carbonyl (C=O) groups excluding carboxylic acids is 2. The van der Waals surface area contributed by atoms with Crippen LogP contribution in [0.15, 0.2) is 72.8 Å². The predicted octanol–water partition coefficient (Wildman–Crippen LogP) is 5.44. The molecule has 1 atom stereocenters. The lowest BCUT2D eigenvalue weighted by atomic mass is 10.0. The molecule has 4 rings (SSSR count). The Morgan fingerprint density at radius 2 is 1.63 bits per heavy atom. The van der Waals surface area contributed by atoms with Gasteiger partial charge in [0.05, 0.1) is 5.69 Å². The van der Waals surface area contributed by atoms with Crippen molar-refractivity contribution >= 4 is 50.9 Å². The standard InChI is InChI=1S/C31H35Cl2FN4O4S/c1-36(2)43(41,42)38(27-16-14-25(34)15-17-27)21-30(39)37(20-23-12-13-24(32)19-28(23)33)29(18-22-8-4-3-5-9-22)31(40)35-26-10-6-7-11-26/h3-5,8-9,12-17,19,26,29H,6-7,10-11,18,20-21H2,1-2H3,(H,35,40)/t29-/m1/s1. The number of benzene rings is 3. The molecule has 2 amide bonds. The molecule has 1 aliphatic rings. The molecule has 0 aliphatic heterocycles. The van der Waals surface area contributed by atoms with Gasteiger partial charge in [-0.05, 0) is 60.4 Å². The molecular weight excluding hydrogens is 614 g/mol. The van der Waals surface area contributed by atoms with Crippen molar-refractivity contribution in [2.24, 2.45) is 0 Å². The van der Waals surface area contributed by atoms with Crippen LogP contribution in [0.5, 0.6) is 0 Å². The van der Waals surface area contributed by atoms with Gasteiger partial charge in [-0.15, -0.1) is 0 Å². The first kappa shape index (κ1) is 32.7. The van der Waals surface area contributed by atoms with Crippen molar-refractivity contribution in [1.82, 2.24) is 14.5 Å². The van der Waals surface area contributed by atoms with Gasteiger partial charge in [0.25, 0.3) is 0 Å². The van der Waals surface area contributed by atoms with E-state index in [2.05, 4.69) is 5.32 Å². The maximum Gasteiger partial charge on any atom is 0.304 e. The minimum atomic E-state index is -4.19. The maximum atomic E-state index is 14.3. The summed E-state index contributed by atoms with van der Waals surface area (Å²) in [6.45, 7) is -0.719. The van der Waals surface area contributed by atoms with E-state index in [9.17, 15) is 22.4 Å². The lowest BCUT2D eigenvalue weighted by Crippen LogP contribution is -2.55. The van der Waals surface area contributed by atoms with E-state index in [-0.39, 0.29) is 30.6 Å². The Bertz CT molecular complexity index is 1520. The average Bonchev–Trinajstić information content (AvgIpc) is 3.48. The number of amides is 2. The van der Waals surface area contributed by atoms with E-state index in [1.807, 2.05) is 30.3 Å². The highest BCUT2D eigenvalue weighted by Gasteiger charge is 2.36. The summed E-state index contributed by atoms with van der Waals surface area (Å²) < 4.78 is 42.5. The molecule has 12 heteroatoms. The molecule has 8 nitrogen and oxygen atoms in total. The molecular formula is C31H35Cl2FN4O4S. The zero-order valence-electron chi connectivity index (χ0n) is 24.0. The minimum absolute atomic E-state index is 0.00771. The summed E-state index contributed by atoms with van der Waals surface area (Å²) in [5.74, 6) is -1.52. The fourth-order valence-electron chi connectivity index (χ4n) is 5.08. The van der Waals surface area contributed by atoms with Gasteiger partial charge in [-0.25, -0.2) is 8.70 Å². The van der Waals surface area contributed by atoms with Gasteiger partial charge in [0.2, 0.25) is 11.8 Å². The van der Waals surface area contributed by atoms with Crippen LogP contribution < -0.4 is 9.62 Å². The summed E-state index contributed by atoms with van der Waals surface area (Å²) in [5.41, 5.74) is 1.46. The topological polar surface area (TPSA) is 90.0 Å². The Hall–Kier alpha value is -3.18. The van der Waals surface area contributed by atoms with Crippen LogP contribution in [0, 0.1) is 5.82 Å². The van der Waals surface area contributed by atoms with E-state index < -0.39 is 34.5 Å². The van der Waals surface area contributed by atoms with Crippen molar-refractivity contribution in [3.05, 3.63) is 99.8 Å². The Kier molecular flexibility index (Phi) is 11.1. The van der Waals surface area contributed by atoms with E-state index in [1.54, 1.807) is 18.2 Å². The number of rotatable bonds is 12. The Morgan fingerprint density at radius 3 is 2.23 bits per heavy atom. The van der Waals surface area contributed by atoms with Crippen LogP contribution in [0.2, 0.25) is 10.0 Å². The van der Waals surface area contributed by atoms with Gasteiger partial charge in [-0.3, -0.25) is 9.59 Å². The molecule has 3 aromatic carbocycles. The number of anilines is 1. The lowest BCUT2D eigenvalue weighted by molar-refractivity contribution is -0.140. The van der Waals surface area contributed by atoms with Crippen molar-refractivity contribution in [2.75, 3.05) is 24.9 Å². The molecule has 1 saturated carbocycles. The van der Waals surface area contributed by atoms with Crippen LogP contribution in [0.1, 0.15) is 36.8 Å². The van der Waals surface area contributed by atoms with Crippen LogP contribution >= 0.6 is 23.2 Å². The summed E-state index contributed by atoms with van der Waals surface area (Å²) in [6.07, 6.45) is 3.90. The number of nitrogens with zero attached hydrogens (tertiary/aromatic N) is 3. The molecule has 1 fully saturated rings. The van der Waals surface area contributed by atoms with Crippen LogP contribution in [0.25, 0.3) is 0 Å². The molecule has 0 bridgehead atoms. The minimum Gasteiger partial charge on any atom is -0.352 e. The molecule has 43 heavy (non-hydrogen) atoms. The highest BCUT2D eigenvalue weighted by atomic mass is 35.5. The van der Waals surface area contributed by atoms with Gasteiger partial charge in [0.1, 0.15) is 18.4 Å². The molecule has 1 aliphatic carbocycles. The van der Waals surface area contributed by atoms with Gasteiger partial charge >= 0.3 is 10.2 Å². The molecule has 0 unspecified atom stereocenters. The van der Waals surface area contributed by atoms with Gasteiger partial charge in [-0.1, -0.05) is 72.4 Å². The highest BCUT2D eigenvalue weighted by Crippen LogP contribution is 2.26. The highest BCUT2D eigenvalue weighted by molar-refractivity contribution is 7.90. The fraction of sp³-hybridized carbons (Fsp3) is 0.355. The van der Waals surface area contributed by atoms with Crippen LogP contribution in [-0.4, -0.2) is 62.2 Å². The first-order valence-electron chi connectivity index (χ1n) is 14.0. The zero-order chi connectivity index (χ0) is 31.1. The van der Waals surface area contributed by atoms with E-state index in [1.165, 1.54) is 31.1 Å². The molecule has 0 heterocycles. The van der Waals surface area contributed by atoms with Crippen LogP contribution in [0.4, 0.5) is 10.1 Å². The summed E-state index contributed by atoms with van der Waals surface area (Å²) >= 11 is 12.6. The third kappa shape index (κ3) is 8.47. The average molecular weight is 650 g/mol. The fourth-order valence-corrected chi connectivity index (χ4v) is 6.60. The Balaban J connectivity index is 1.77. The Labute approximate surface area is 262 Å². The predicted molar refractivity (Wildman–Crippen MR) is 168 cm³/mol. The van der Waals surface area contributed by atoms with Gasteiger partial charge in [-0.2, -0.15) is 12.7 Å². The molecule has 3 aromatic rings. The maximum absolute atomic E-state index is 14.3. The molecule has 1 N–H and O–H groups in total.